The van der Waals surface area contributed by atoms with Crippen LogP contribution in [0.3, 0.4) is 0 Å². The Morgan fingerprint density at radius 3 is 2.36 bits per heavy atom. The summed E-state index contributed by atoms with van der Waals surface area (Å²) in [6, 6.07) is 13.3. The molecule has 2 rings (SSSR count). The van der Waals surface area contributed by atoms with Gasteiger partial charge in [-0.15, -0.1) is 0 Å². The second-order valence-electron chi connectivity index (χ2n) is 5.66. The second kappa shape index (κ2) is 8.47. The molecule has 0 aliphatic rings. The maximum absolute atomic E-state index is 12.8. The van der Waals surface area contributed by atoms with Crippen LogP contribution in [0.4, 0.5) is 5.69 Å². The molecule has 2 aromatic carbocycles. The zero-order valence-electron chi connectivity index (χ0n) is 14.2. The second-order valence-corrected chi connectivity index (χ2v) is 8.03. The van der Waals surface area contributed by atoms with Crippen LogP contribution in [0.25, 0.3) is 0 Å². The van der Waals surface area contributed by atoms with Crippen LogP contribution in [0.2, 0.25) is 5.02 Å². The van der Waals surface area contributed by atoms with E-state index in [4.69, 9.17) is 11.6 Å². The third-order valence-corrected chi connectivity index (χ3v) is 5.77. The third kappa shape index (κ3) is 5.04. The van der Waals surface area contributed by atoms with Crippen molar-refractivity contribution >= 4 is 33.2 Å². The third-order valence-electron chi connectivity index (χ3n) is 3.66. The van der Waals surface area contributed by atoms with Crippen molar-refractivity contribution < 1.29 is 13.2 Å². The van der Waals surface area contributed by atoms with Crippen molar-refractivity contribution in [1.29, 1.82) is 0 Å². The number of para-hydroxylation sites is 1. The summed E-state index contributed by atoms with van der Waals surface area (Å²) in [7, 11) is -3.76. The van der Waals surface area contributed by atoms with Gasteiger partial charge in [-0.05, 0) is 49.2 Å². The minimum atomic E-state index is -3.76. The van der Waals surface area contributed by atoms with E-state index in [0.29, 0.717) is 17.1 Å². The fraction of sp³-hybridized carbons (Fsp3) is 0.278. The van der Waals surface area contributed by atoms with Gasteiger partial charge in [0.25, 0.3) is 0 Å². The van der Waals surface area contributed by atoms with Crippen molar-refractivity contribution in [3.05, 3.63) is 59.1 Å². The van der Waals surface area contributed by atoms with E-state index in [-0.39, 0.29) is 23.9 Å². The Labute approximate surface area is 153 Å². The number of aryl methyl sites for hydroxylation is 1. The van der Waals surface area contributed by atoms with Gasteiger partial charge >= 0.3 is 0 Å². The molecule has 1 N–H and O–H groups in total. The van der Waals surface area contributed by atoms with Crippen LogP contribution in [0.1, 0.15) is 18.9 Å². The number of anilines is 1. The summed E-state index contributed by atoms with van der Waals surface area (Å²) < 4.78 is 26.8. The van der Waals surface area contributed by atoms with E-state index in [9.17, 15) is 13.2 Å². The van der Waals surface area contributed by atoms with Gasteiger partial charge in [0.05, 0.1) is 11.4 Å². The van der Waals surface area contributed by atoms with E-state index < -0.39 is 10.0 Å². The Morgan fingerprint density at radius 2 is 1.76 bits per heavy atom. The summed E-state index contributed by atoms with van der Waals surface area (Å²) >= 11 is 5.82. The highest BCUT2D eigenvalue weighted by molar-refractivity contribution is 7.89. The molecule has 0 atom stereocenters. The van der Waals surface area contributed by atoms with E-state index in [1.165, 1.54) is 28.6 Å². The number of carbonyl (C=O) groups excluding carboxylic acids is 1. The first-order valence-corrected chi connectivity index (χ1v) is 9.77. The maximum Gasteiger partial charge on any atom is 0.243 e. The lowest BCUT2D eigenvalue weighted by Crippen LogP contribution is -2.38. The van der Waals surface area contributed by atoms with Crippen LogP contribution >= 0.6 is 11.6 Å². The van der Waals surface area contributed by atoms with Crippen LogP contribution in [-0.4, -0.2) is 31.7 Å². The highest BCUT2D eigenvalue weighted by Gasteiger charge is 2.26. The Balaban J connectivity index is 2.18. The highest BCUT2D eigenvalue weighted by atomic mass is 35.5. The Bertz CT molecular complexity index is 836. The Morgan fingerprint density at radius 1 is 1.12 bits per heavy atom. The molecule has 0 spiro atoms. The van der Waals surface area contributed by atoms with Gasteiger partial charge in [-0.3, -0.25) is 4.79 Å². The number of nitrogens with one attached hydrogen (secondary N) is 1. The molecule has 0 aliphatic carbocycles. The van der Waals surface area contributed by atoms with Crippen molar-refractivity contribution in [3.63, 3.8) is 0 Å². The number of carbonyl (C=O) groups is 1. The number of hydrogen-bond donors (Lipinski definition) is 1. The summed E-state index contributed by atoms with van der Waals surface area (Å²) in [6.45, 7) is 3.76. The van der Waals surface area contributed by atoms with E-state index in [1.54, 1.807) is 6.07 Å². The van der Waals surface area contributed by atoms with Crippen molar-refractivity contribution in [2.75, 3.05) is 18.4 Å². The molecule has 7 heteroatoms. The molecule has 134 valence electrons. The normalized spacial score (nSPS) is 11.5. The Kier molecular flexibility index (Phi) is 6.58. The van der Waals surface area contributed by atoms with Crippen LogP contribution in [0.15, 0.2) is 53.4 Å². The van der Waals surface area contributed by atoms with Crippen LogP contribution in [-0.2, 0) is 14.8 Å². The van der Waals surface area contributed by atoms with Crippen LogP contribution in [0, 0.1) is 6.92 Å². The quantitative estimate of drug-likeness (QED) is 0.796. The van der Waals surface area contributed by atoms with Gasteiger partial charge in [-0.25, -0.2) is 8.42 Å². The molecule has 0 unspecified atom stereocenters. The molecular formula is C18H21ClN2O3S. The average Bonchev–Trinajstić information content (AvgIpc) is 2.57. The maximum atomic E-state index is 12.8. The topological polar surface area (TPSA) is 66.5 Å². The number of benzene rings is 2. The minimum Gasteiger partial charge on any atom is -0.325 e. The molecule has 0 saturated heterocycles. The first-order valence-electron chi connectivity index (χ1n) is 7.95. The zero-order valence-corrected chi connectivity index (χ0v) is 15.8. The van der Waals surface area contributed by atoms with Gasteiger partial charge in [0.1, 0.15) is 0 Å². The first-order chi connectivity index (χ1) is 11.8. The minimum absolute atomic E-state index is 0.119. The van der Waals surface area contributed by atoms with Gasteiger partial charge in [0, 0.05) is 17.3 Å². The zero-order chi connectivity index (χ0) is 18.4. The molecule has 5 nitrogen and oxygen atoms in total. The molecule has 0 aliphatic heterocycles. The summed E-state index contributed by atoms with van der Waals surface area (Å²) in [5.41, 5.74) is 1.59. The van der Waals surface area contributed by atoms with Crippen molar-refractivity contribution in [2.45, 2.75) is 25.2 Å². The molecule has 0 bridgehead atoms. The van der Waals surface area contributed by atoms with Crippen molar-refractivity contribution in [2.24, 2.45) is 0 Å². The largest absolute Gasteiger partial charge is 0.325 e. The van der Waals surface area contributed by atoms with Crippen molar-refractivity contribution in [3.8, 4) is 0 Å². The number of rotatable bonds is 7. The number of amides is 1. The highest BCUT2D eigenvalue weighted by Crippen LogP contribution is 2.19. The molecular weight excluding hydrogens is 360 g/mol. The van der Waals surface area contributed by atoms with E-state index >= 15 is 0 Å². The molecule has 0 fully saturated rings. The fourth-order valence-electron chi connectivity index (χ4n) is 2.35. The predicted octanol–water partition coefficient (Wildman–Crippen LogP) is 3.69. The first kappa shape index (κ1) is 19.4. The number of nitrogens with zero attached hydrogens (tertiary/aromatic N) is 1. The summed E-state index contributed by atoms with van der Waals surface area (Å²) in [5, 5.41) is 3.22. The summed E-state index contributed by atoms with van der Waals surface area (Å²) in [4.78, 5) is 12.5. The predicted molar refractivity (Wildman–Crippen MR) is 100 cm³/mol. The van der Waals surface area contributed by atoms with Crippen LogP contribution in [0.5, 0.6) is 0 Å². The molecule has 0 aromatic heterocycles. The van der Waals surface area contributed by atoms with Gasteiger partial charge in [0.2, 0.25) is 15.9 Å². The fourth-order valence-corrected chi connectivity index (χ4v) is 3.97. The summed E-state index contributed by atoms with van der Waals surface area (Å²) in [5.74, 6) is -0.375. The van der Waals surface area contributed by atoms with Gasteiger partial charge in [-0.2, -0.15) is 4.31 Å². The van der Waals surface area contributed by atoms with Gasteiger partial charge in [-0.1, -0.05) is 36.7 Å². The SMILES string of the molecule is CCCN(CC(=O)Nc1ccccc1C)S(=O)(=O)c1ccc(Cl)cc1. The van der Waals surface area contributed by atoms with E-state index in [2.05, 4.69) is 5.32 Å². The average molecular weight is 381 g/mol. The molecule has 0 heterocycles. The lowest BCUT2D eigenvalue weighted by atomic mass is 10.2. The van der Waals surface area contributed by atoms with E-state index in [0.717, 1.165) is 5.56 Å². The monoisotopic (exact) mass is 380 g/mol. The smallest absolute Gasteiger partial charge is 0.243 e. The number of hydrogen-bond acceptors (Lipinski definition) is 3. The number of halogens is 1. The summed E-state index contributed by atoms with van der Waals surface area (Å²) in [6.07, 6.45) is 0.602. The molecule has 25 heavy (non-hydrogen) atoms. The molecule has 0 saturated carbocycles. The van der Waals surface area contributed by atoms with E-state index in [1.807, 2.05) is 32.0 Å². The standard InChI is InChI=1S/C18H21ClN2O3S/c1-3-12-21(25(23,24)16-10-8-15(19)9-11-16)13-18(22)20-17-7-5-4-6-14(17)2/h4-11H,3,12-13H2,1-2H3,(H,20,22). The number of sulfonamides is 1. The molecule has 2 aromatic rings. The Hall–Kier alpha value is -1.89. The van der Waals surface area contributed by atoms with Gasteiger partial charge < -0.3 is 5.32 Å². The molecule has 1 amide bonds. The van der Waals surface area contributed by atoms with Crippen LogP contribution < -0.4 is 5.32 Å². The van der Waals surface area contributed by atoms with Crippen molar-refractivity contribution in [1.82, 2.24) is 4.31 Å². The lowest BCUT2D eigenvalue weighted by Gasteiger charge is -2.21. The lowest BCUT2D eigenvalue weighted by molar-refractivity contribution is -0.116. The molecule has 0 radical (unpaired) electrons. The van der Waals surface area contributed by atoms with Gasteiger partial charge in [0.15, 0.2) is 0 Å².